The summed E-state index contributed by atoms with van der Waals surface area (Å²) in [5.74, 6) is 0.102. The summed E-state index contributed by atoms with van der Waals surface area (Å²) in [6, 6.07) is 11.3. The molecule has 0 spiro atoms. The number of anilines is 2. The Labute approximate surface area is 222 Å². The van der Waals surface area contributed by atoms with E-state index in [0.29, 0.717) is 40.1 Å². The number of amides is 2. The van der Waals surface area contributed by atoms with Crippen molar-refractivity contribution < 1.29 is 19.1 Å². The highest BCUT2D eigenvalue weighted by Crippen LogP contribution is 2.39. The van der Waals surface area contributed by atoms with Crippen LogP contribution in [0.1, 0.15) is 38.6 Å². The zero-order valence-electron chi connectivity index (χ0n) is 19.7. The van der Waals surface area contributed by atoms with Crippen molar-refractivity contribution in [2.75, 3.05) is 25.7 Å². The van der Waals surface area contributed by atoms with Crippen LogP contribution in [-0.2, 0) is 0 Å². The first-order valence-electron chi connectivity index (χ1n) is 11.0. The normalized spacial score (nSPS) is 14.9. The molecule has 0 aliphatic carbocycles. The summed E-state index contributed by atoms with van der Waals surface area (Å²) >= 11 is 13.6. The number of benzene rings is 2. The molecule has 36 heavy (non-hydrogen) atoms. The molecule has 1 unspecified atom stereocenters. The van der Waals surface area contributed by atoms with E-state index in [2.05, 4.69) is 11.1 Å². The number of halogens is 2. The van der Waals surface area contributed by atoms with Crippen molar-refractivity contribution in [1.29, 1.82) is 5.26 Å². The number of ether oxygens (including phenoxy) is 2. The largest absolute Gasteiger partial charge is 0.493 e. The minimum Gasteiger partial charge on any atom is -0.493 e. The number of rotatable bonds is 6. The Morgan fingerprint density at radius 3 is 2.58 bits per heavy atom. The number of hydrogen-bond acceptors (Lipinski definition) is 7. The van der Waals surface area contributed by atoms with Gasteiger partial charge in [0.25, 0.3) is 11.8 Å². The summed E-state index contributed by atoms with van der Waals surface area (Å²) in [6.07, 6.45) is 1.38. The minimum atomic E-state index is -0.487. The molecule has 0 bridgehead atoms. The van der Waals surface area contributed by atoms with Gasteiger partial charge in [0.05, 0.1) is 36.6 Å². The summed E-state index contributed by atoms with van der Waals surface area (Å²) in [6.45, 7) is 2.25. The minimum absolute atomic E-state index is 0.177. The van der Waals surface area contributed by atoms with Gasteiger partial charge in [-0.3, -0.25) is 14.5 Å². The first kappa shape index (κ1) is 25.8. The van der Waals surface area contributed by atoms with E-state index in [4.69, 9.17) is 32.7 Å². The Morgan fingerprint density at radius 1 is 1.17 bits per heavy atom. The third-order valence-corrected chi connectivity index (χ3v) is 7.34. The van der Waals surface area contributed by atoms with Crippen molar-refractivity contribution in [3.63, 3.8) is 0 Å². The predicted molar refractivity (Wildman–Crippen MR) is 139 cm³/mol. The molecule has 0 N–H and O–H groups in total. The molecule has 186 valence electrons. The fraction of sp³-hybridized carbons (Fsp3) is 0.280. The lowest BCUT2D eigenvalue weighted by Crippen LogP contribution is -2.35. The van der Waals surface area contributed by atoms with Gasteiger partial charge in [0.1, 0.15) is 11.7 Å². The average Bonchev–Trinajstić information content (AvgIpc) is 3.50. The Bertz CT molecular complexity index is 1370. The Morgan fingerprint density at radius 2 is 1.92 bits per heavy atom. The van der Waals surface area contributed by atoms with E-state index in [1.165, 1.54) is 47.5 Å². The maximum absolute atomic E-state index is 13.8. The first-order valence-corrected chi connectivity index (χ1v) is 12.6. The molecule has 2 aromatic carbocycles. The van der Waals surface area contributed by atoms with Gasteiger partial charge in [0.15, 0.2) is 16.6 Å². The summed E-state index contributed by atoms with van der Waals surface area (Å²) in [4.78, 5) is 35.2. The standard InChI is InChI=1S/C25H22Cl2N4O4S/c1-14-22(24(33)30-10-4-5-17(30)13-28)29-25(36-14)31(16-7-9-20(34-2)21(12-16)35-3)23(32)18-8-6-15(26)11-19(18)27/h6-9,11-12,17H,4-5,10H2,1-3H3. The van der Waals surface area contributed by atoms with Crippen LogP contribution in [-0.4, -0.2) is 48.5 Å². The van der Waals surface area contributed by atoms with Gasteiger partial charge >= 0.3 is 0 Å². The molecule has 1 aromatic heterocycles. The van der Waals surface area contributed by atoms with Gasteiger partial charge in [0, 0.05) is 22.5 Å². The van der Waals surface area contributed by atoms with Crippen LogP contribution in [0.25, 0.3) is 0 Å². The summed E-state index contributed by atoms with van der Waals surface area (Å²) in [5.41, 5.74) is 0.853. The van der Waals surface area contributed by atoms with E-state index < -0.39 is 11.9 Å². The van der Waals surface area contributed by atoms with Crippen molar-refractivity contribution in [2.24, 2.45) is 0 Å². The highest BCUT2D eigenvalue weighted by Gasteiger charge is 2.33. The smallest absolute Gasteiger partial charge is 0.274 e. The molecule has 8 nitrogen and oxygen atoms in total. The SMILES string of the molecule is COc1ccc(N(C(=O)c2ccc(Cl)cc2Cl)c2nc(C(=O)N3CCCC3C#N)c(C)s2)cc1OC. The highest BCUT2D eigenvalue weighted by atomic mass is 35.5. The zero-order valence-corrected chi connectivity index (χ0v) is 22.1. The molecule has 1 atom stereocenters. The average molecular weight is 545 g/mol. The third kappa shape index (κ3) is 4.85. The van der Waals surface area contributed by atoms with Gasteiger partial charge in [-0.05, 0) is 50.1 Å². The lowest BCUT2D eigenvalue weighted by atomic mass is 10.1. The fourth-order valence-corrected chi connectivity index (χ4v) is 5.43. The fourth-order valence-electron chi connectivity index (χ4n) is 4.02. The molecule has 0 saturated carbocycles. The topological polar surface area (TPSA) is 95.8 Å². The second-order valence-corrected chi connectivity index (χ2v) is 10.0. The van der Waals surface area contributed by atoms with Crippen LogP contribution in [0.4, 0.5) is 10.8 Å². The number of thiazole rings is 1. The molecule has 1 fully saturated rings. The van der Waals surface area contributed by atoms with Gasteiger partial charge in [0.2, 0.25) is 0 Å². The molecule has 2 amide bonds. The second kappa shape index (κ2) is 10.7. The maximum Gasteiger partial charge on any atom is 0.274 e. The highest BCUT2D eigenvalue weighted by molar-refractivity contribution is 7.16. The van der Waals surface area contributed by atoms with Gasteiger partial charge < -0.3 is 14.4 Å². The van der Waals surface area contributed by atoms with E-state index in [9.17, 15) is 14.9 Å². The van der Waals surface area contributed by atoms with Crippen molar-refractivity contribution in [2.45, 2.75) is 25.8 Å². The van der Waals surface area contributed by atoms with E-state index in [1.807, 2.05) is 0 Å². The number of carbonyl (C=O) groups excluding carboxylic acids is 2. The van der Waals surface area contributed by atoms with Crippen LogP contribution < -0.4 is 14.4 Å². The van der Waals surface area contributed by atoms with E-state index in [1.54, 1.807) is 31.2 Å². The Kier molecular flexibility index (Phi) is 7.69. The molecule has 1 saturated heterocycles. The summed E-state index contributed by atoms with van der Waals surface area (Å²) < 4.78 is 10.8. The molecule has 1 aliphatic heterocycles. The van der Waals surface area contributed by atoms with Crippen LogP contribution in [0, 0.1) is 18.3 Å². The molecule has 1 aliphatic rings. The number of nitriles is 1. The number of hydrogen-bond donors (Lipinski definition) is 0. The van der Waals surface area contributed by atoms with Gasteiger partial charge in [-0.15, -0.1) is 11.3 Å². The van der Waals surface area contributed by atoms with E-state index >= 15 is 0 Å². The Balaban J connectivity index is 1.82. The van der Waals surface area contributed by atoms with Crippen LogP contribution in [0.3, 0.4) is 0 Å². The van der Waals surface area contributed by atoms with Crippen molar-refractivity contribution >= 4 is 57.2 Å². The number of carbonyl (C=O) groups is 2. The summed E-state index contributed by atoms with van der Waals surface area (Å²) in [7, 11) is 3.01. The van der Waals surface area contributed by atoms with Crippen LogP contribution in [0.2, 0.25) is 10.0 Å². The van der Waals surface area contributed by atoms with Crippen LogP contribution in [0.5, 0.6) is 11.5 Å². The van der Waals surface area contributed by atoms with Crippen molar-refractivity contribution in [1.82, 2.24) is 9.88 Å². The number of aromatic nitrogens is 1. The first-order chi connectivity index (χ1) is 17.3. The molecule has 0 radical (unpaired) electrons. The molecule has 2 heterocycles. The van der Waals surface area contributed by atoms with E-state index in [-0.39, 0.29) is 27.3 Å². The molecule has 11 heteroatoms. The third-order valence-electron chi connectivity index (χ3n) is 5.83. The molecule has 3 aromatic rings. The summed E-state index contributed by atoms with van der Waals surface area (Å²) in [5, 5.41) is 10.3. The van der Waals surface area contributed by atoms with Crippen molar-refractivity contribution in [3.05, 3.63) is 62.6 Å². The van der Waals surface area contributed by atoms with Gasteiger partial charge in [-0.25, -0.2) is 4.98 Å². The number of methoxy groups -OCH3 is 2. The monoisotopic (exact) mass is 544 g/mol. The number of aryl methyl sites for hydroxylation is 1. The zero-order chi connectivity index (χ0) is 26.0. The van der Waals surface area contributed by atoms with Gasteiger partial charge in [-0.2, -0.15) is 5.26 Å². The van der Waals surface area contributed by atoms with Gasteiger partial charge in [-0.1, -0.05) is 23.2 Å². The Hall–Kier alpha value is -3.32. The quantitative estimate of drug-likeness (QED) is 0.384. The van der Waals surface area contributed by atoms with Crippen LogP contribution in [0.15, 0.2) is 36.4 Å². The van der Waals surface area contributed by atoms with E-state index in [0.717, 1.165) is 6.42 Å². The lowest BCUT2D eigenvalue weighted by Gasteiger charge is -2.22. The maximum atomic E-state index is 13.8. The molecule has 4 rings (SSSR count). The molecular weight excluding hydrogens is 523 g/mol. The second-order valence-electron chi connectivity index (χ2n) is 7.99. The predicted octanol–water partition coefficient (Wildman–Crippen LogP) is 5.88. The lowest BCUT2D eigenvalue weighted by molar-refractivity contribution is 0.0758. The number of likely N-dealkylation sites (tertiary alicyclic amines) is 1. The van der Waals surface area contributed by atoms with Crippen LogP contribution >= 0.6 is 34.5 Å². The molecular formula is C25H22Cl2N4O4S. The van der Waals surface area contributed by atoms with Crippen molar-refractivity contribution in [3.8, 4) is 17.6 Å². The number of nitrogens with zero attached hydrogens (tertiary/aromatic N) is 4.